The third kappa shape index (κ3) is 2.36. The molecule has 0 spiro atoms. The van der Waals surface area contributed by atoms with E-state index in [0.29, 0.717) is 17.1 Å². The van der Waals surface area contributed by atoms with Crippen LogP contribution in [0.1, 0.15) is 65.2 Å². The molecular weight excluding hydrogens is 356 g/mol. The molecule has 0 saturated heterocycles. The summed E-state index contributed by atoms with van der Waals surface area (Å²) in [5.74, 6) is 3.52. The van der Waals surface area contributed by atoms with Gasteiger partial charge < -0.3 is 4.57 Å². The van der Waals surface area contributed by atoms with Crippen LogP contribution in [0.25, 0.3) is 16.7 Å². The van der Waals surface area contributed by atoms with E-state index >= 15 is 0 Å². The molecule has 0 amide bonds. The first-order valence-corrected chi connectivity index (χ1v) is 11.7. The van der Waals surface area contributed by atoms with Gasteiger partial charge in [-0.05, 0) is 79.7 Å². The van der Waals surface area contributed by atoms with Gasteiger partial charge in [-0.15, -0.1) is 0 Å². The Morgan fingerprint density at radius 2 is 1.93 bits per heavy atom. The van der Waals surface area contributed by atoms with Crippen LogP contribution in [0, 0.1) is 34.5 Å². The quantitative estimate of drug-likeness (QED) is 0.592. The van der Waals surface area contributed by atoms with E-state index in [1.54, 1.807) is 0 Å². The minimum Gasteiger partial charge on any atom is -0.302 e. The van der Waals surface area contributed by atoms with E-state index in [-0.39, 0.29) is 5.41 Å². The van der Waals surface area contributed by atoms with Gasteiger partial charge in [0.15, 0.2) is 0 Å². The normalized spacial score (nSPS) is 41.6. The van der Waals surface area contributed by atoms with E-state index in [2.05, 4.69) is 53.7 Å². The van der Waals surface area contributed by atoms with Gasteiger partial charge in [0.05, 0.1) is 11.0 Å². The Morgan fingerprint density at radius 3 is 2.83 bits per heavy atom. The first-order valence-electron chi connectivity index (χ1n) is 11.7. The third-order valence-corrected chi connectivity index (χ3v) is 9.73. The highest BCUT2D eigenvalue weighted by atomic mass is 16.1. The summed E-state index contributed by atoms with van der Waals surface area (Å²) in [6.07, 6.45) is 13.8. The largest absolute Gasteiger partial charge is 0.302 e. The summed E-state index contributed by atoms with van der Waals surface area (Å²) in [7, 11) is 0. The van der Waals surface area contributed by atoms with Crippen LogP contribution < -0.4 is 0 Å². The molecule has 3 nitrogen and oxygen atoms in total. The zero-order valence-electron chi connectivity index (χ0n) is 17.7. The number of fused-ring (bicyclic) bond motifs is 6. The molecule has 4 aliphatic carbocycles. The number of para-hydroxylation sites is 2. The number of carbonyl (C=O) groups is 1. The monoisotopic (exact) mass is 388 g/mol. The van der Waals surface area contributed by atoms with Crippen LogP contribution in [0.4, 0.5) is 0 Å². The van der Waals surface area contributed by atoms with Crippen molar-refractivity contribution in [1.29, 1.82) is 0 Å². The molecule has 1 aromatic carbocycles. The maximum atomic E-state index is 12.1. The lowest BCUT2D eigenvalue weighted by Gasteiger charge is -2.60. The lowest BCUT2D eigenvalue weighted by Crippen LogP contribution is -2.53. The zero-order valence-corrected chi connectivity index (χ0v) is 17.7. The number of hydrogen-bond acceptors (Lipinski definition) is 2. The lowest BCUT2D eigenvalue weighted by molar-refractivity contribution is -0.136. The van der Waals surface area contributed by atoms with E-state index in [4.69, 9.17) is 0 Å². The number of ketones is 1. The van der Waals surface area contributed by atoms with E-state index < -0.39 is 0 Å². The highest BCUT2D eigenvalue weighted by Gasteiger charge is 2.58. The second-order valence-electron chi connectivity index (χ2n) is 10.8. The van der Waals surface area contributed by atoms with Crippen molar-refractivity contribution in [3.8, 4) is 0 Å². The van der Waals surface area contributed by atoms with Crippen LogP contribution in [0.3, 0.4) is 0 Å². The van der Waals surface area contributed by atoms with Crippen LogP contribution >= 0.6 is 0 Å². The van der Waals surface area contributed by atoms with Gasteiger partial charge in [-0.3, -0.25) is 4.79 Å². The summed E-state index contributed by atoms with van der Waals surface area (Å²) in [6.45, 7) is 5.07. The Balaban J connectivity index is 1.34. The molecule has 3 saturated carbocycles. The Kier molecular flexibility index (Phi) is 3.74. The number of imidazole rings is 1. The minimum atomic E-state index is 0.248. The maximum Gasteiger partial charge on any atom is 0.133 e. The number of rotatable bonds is 1. The standard InChI is InChI=1S/C26H32N2O/c1-25-13-11-18(29)15-17(25)7-8-19-20-9-10-24(26(20,2)14-12-21(19)25)28-16-27-22-5-3-4-6-23(22)28/h3-6,10,16-17,19-21H,7-9,11-15H2,1-2H3. The molecule has 0 radical (unpaired) electrons. The number of allylic oxidation sites excluding steroid dienone is 2. The Bertz CT molecular complexity index is 1020. The lowest BCUT2D eigenvalue weighted by atomic mass is 9.45. The molecule has 1 heterocycles. The molecule has 1 aromatic heterocycles. The van der Waals surface area contributed by atoms with Gasteiger partial charge in [0.25, 0.3) is 0 Å². The van der Waals surface area contributed by atoms with Crippen molar-refractivity contribution in [1.82, 2.24) is 9.55 Å². The number of hydrogen-bond donors (Lipinski definition) is 0. The van der Waals surface area contributed by atoms with Crippen molar-refractivity contribution in [2.24, 2.45) is 34.5 Å². The van der Waals surface area contributed by atoms with Crippen LogP contribution in [-0.2, 0) is 4.79 Å². The van der Waals surface area contributed by atoms with Gasteiger partial charge in [0, 0.05) is 24.0 Å². The first-order chi connectivity index (χ1) is 14.0. The van der Waals surface area contributed by atoms with E-state index in [1.165, 1.54) is 43.3 Å². The van der Waals surface area contributed by atoms with Gasteiger partial charge >= 0.3 is 0 Å². The second-order valence-corrected chi connectivity index (χ2v) is 10.8. The van der Waals surface area contributed by atoms with Gasteiger partial charge in [-0.1, -0.05) is 32.1 Å². The smallest absolute Gasteiger partial charge is 0.133 e. The SMILES string of the molecule is CC12CCC3C(CCC4CC(=O)CCC43C)C1CC=C2n1cnc2ccccc21. The molecule has 0 aliphatic heterocycles. The Hall–Kier alpha value is -1.90. The predicted molar refractivity (Wildman–Crippen MR) is 116 cm³/mol. The zero-order chi connectivity index (χ0) is 19.8. The maximum absolute atomic E-state index is 12.1. The summed E-state index contributed by atoms with van der Waals surface area (Å²) in [6, 6.07) is 8.52. The van der Waals surface area contributed by atoms with Crippen molar-refractivity contribution >= 4 is 22.5 Å². The average molecular weight is 389 g/mol. The number of Topliss-reactive ketones (excluding diaryl/α,β-unsaturated/α-hetero) is 1. The Labute approximate surface area is 173 Å². The number of nitrogens with zero attached hydrogens (tertiary/aromatic N) is 2. The molecule has 2 aromatic rings. The van der Waals surface area contributed by atoms with Gasteiger partial charge in [-0.25, -0.2) is 4.98 Å². The molecule has 3 fully saturated rings. The number of carbonyl (C=O) groups excluding carboxylic acids is 1. The van der Waals surface area contributed by atoms with E-state index in [0.717, 1.165) is 42.5 Å². The predicted octanol–water partition coefficient (Wildman–Crippen LogP) is 6.10. The minimum absolute atomic E-state index is 0.248. The van der Waals surface area contributed by atoms with Crippen LogP contribution in [0.15, 0.2) is 36.7 Å². The van der Waals surface area contributed by atoms with Crippen LogP contribution in [0.5, 0.6) is 0 Å². The van der Waals surface area contributed by atoms with Crippen molar-refractivity contribution in [2.75, 3.05) is 0 Å². The summed E-state index contributed by atoms with van der Waals surface area (Å²) >= 11 is 0. The highest BCUT2D eigenvalue weighted by Crippen LogP contribution is 2.66. The third-order valence-electron chi connectivity index (χ3n) is 9.73. The fourth-order valence-electron chi connectivity index (χ4n) is 8.11. The fraction of sp³-hybridized carbons (Fsp3) is 0.615. The molecule has 152 valence electrons. The number of aromatic nitrogens is 2. The molecule has 3 heteroatoms. The summed E-state index contributed by atoms with van der Waals surface area (Å²) < 4.78 is 2.38. The average Bonchev–Trinajstić information content (AvgIpc) is 3.29. The van der Waals surface area contributed by atoms with E-state index in [1.807, 2.05) is 6.33 Å². The van der Waals surface area contributed by atoms with Crippen molar-refractivity contribution < 1.29 is 4.79 Å². The summed E-state index contributed by atoms with van der Waals surface area (Å²) in [4.78, 5) is 16.8. The highest BCUT2D eigenvalue weighted by molar-refractivity contribution is 5.80. The molecule has 6 rings (SSSR count). The molecular formula is C26H32N2O. The topological polar surface area (TPSA) is 34.9 Å². The van der Waals surface area contributed by atoms with Gasteiger partial charge in [0.1, 0.15) is 12.1 Å². The molecule has 6 atom stereocenters. The molecule has 6 unspecified atom stereocenters. The Morgan fingerprint density at radius 1 is 1.07 bits per heavy atom. The molecule has 4 aliphatic rings. The van der Waals surface area contributed by atoms with Gasteiger partial charge in [0.2, 0.25) is 0 Å². The van der Waals surface area contributed by atoms with Crippen molar-refractivity contribution in [2.45, 2.75) is 65.2 Å². The fourth-order valence-corrected chi connectivity index (χ4v) is 8.11. The summed E-state index contributed by atoms with van der Waals surface area (Å²) in [5.41, 5.74) is 4.46. The van der Waals surface area contributed by atoms with Crippen LogP contribution in [-0.4, -0.2) is 15.3 Å². The molecule has 0 N–H and O–H groups in total. The van der Waals surface area contributed by atoms with Crippen molar-refractivity contribution in [3.63, 3.8) is 0 Å². The summed E-state index contributed by atoms with van der Waals surface area (Å²) in [5, 5.41) is 0. The van der Waals surface area contributed by atoms with E-state index in [9.17, 15) is 4.79 Å². The van der Waals surface area contributed by atoms with Crippen LogP contribution in [0.2, 0.25) is 0 Å². The van der Waals surface area contributed by atoms with Crippen molar-refractivity contribution in [3.05, 3.63) is 36.7 Å². The molecule has 29 heavy (non-hydrogen) atoms. The molecule has 0 bridgehead atoms. The van der Waals surface area contributed by atoms with Gasteiger partial charge in [-0.2, -0.15) is 0 Å². The first kappa shape index (κ1) is 17.9. The second kappa shape index (κ2) is 6.06. The number of benzene rings is 1.